The molecule has 0 bridgehead atoms. The number of nitrogen functional groups attached to an aromatic ring is 1. The Kier molecular flexibility index (Phi) is 3.99. The minimum absolute atomic E-state index is 0.508. The SMILES string of the molecule is CCC(C)Cn1nnnc1-c1cc(OC)ccc1N. The van der Waals surface area contributed by atoms with Gasteiger partial charge in [0.2, 0.25) is 0 Å². The first-order chi connectivity index (χ1) is 9.15. The van der Waals surface area contributed by atoms with Crippen molar-refractivity contribution in [2.45, 2.75) is 26.8 Å². The number of nitrogens with zero attached hydrogens (tertiary/aromatic N) is 4. The molecule has 2 N–H and O–H groups in total. The van der Waals surface area contributed by atoms with Crippen molar-refractivity contribution in [3.63, 3.8) is 0 Å². The van der Waals surface area contributed by atoms with Gasteiger partial charge in [0.1, 0.15) is 5.75 Å². The van der Waals surface area contributed by atoms with Gasteiger partial charge < -0.3 is 10.5 Å². The van der Waals surface area contributed by atoms with Gasteiger partial charge in [-0.05, 0) is 34.5 Å². The van der Waals surface area contributed by atoms with Gasteiger partial charge >= 0.3 is 0 Å². The second kappa shape index (κ2) is 5.69. The summed E-state index contributed by atoms with van der Waals surface area (Å²) in [6.45, 7) is 5.09. The van der Waals surface area contributed by atoms with Crippen LogP contribution in [0.25, 0.3) is 11.4 Å². The lowest BCUT2D eigenvalue weighted by Gasteiger charge is -2.11. The van der Waals surface area contributed by atoms with E-state index in [-0.39, 0.29) is 0 Å². The Balaban J connectivity index is 2.39. The van der Waals surface area contributed by atoms with E-state index in [4.69, 9.17) is 10.5 Å². The lowest BCUT2D eigenvalue weighted by molar-refractivity contribution is 0.414. The molecule has 2 rings (SSSR count). The number of tetrazole rings is 1. The molecule has 0 spiro atoms. The molecule has 1 aromatic carbocycles. The quantitative estimate of drug-likeness (QED) is 0.832. The maximum Gasteiger partial charge on any atom is 0.184 e. The molecule has 102 valence electrons. The van der Waals surface area contributed by atoms with Crippen molar-refractivity contribution >= 4 is 5.69 Å². The lowest BCUT2D eigenvalue weighted by atomic mass is 10.1. The molecule has 0 saturated carbocycles. The Labute approximate surface area is 112 Å². The van der Waals surface area contributed by atoms with Crippen LogP contribution in [0.1, 0.15) is 20.3 Å². The van der Waals surface area contributed by atoms with E-state index < -0.39 is 0 Å². The number of anilines is 1. The van der Waals surface area contributed by atoms with Crippen molar-refractivity contribution in [3.8, 4) is 17.1 Å². The standard InChI is InChI=1S/C13H19N5O/c1-4-9(2)8-18-13(15-16-17-18)11-7-10(19-3)5-6-12(11)14/h5-7,9H,4,8,14H2,1-3H3. The van der Waals surface area contributed by atoms with Crippen LogP contribution in [0, 0.1) is 5.92 Å². The van der Waals surface area contributed by atoms with Crippen LogP contribution in [0.3, 0.4) is 0 Å². The maximum atomic E-state index is 6.00. The highest BCUT2D eigenvalue weighted by Crippen LogP contribution is 2.28. The Bertz CT molecular complexity index is 552. The minimum Gasteiger partial charge on any atom is -0.497 e. The number of ether oxygens (including phenoxy) is 1. The third-order valence-corrected chi connectivity index (χ3v) is 3.21. The highest BCUT2D eigenvalue weighted by Gasteiger charge is 2.14. The van der Waals surface area contributed by atoms with E-state index in [1.54, 1.807) is 17.9 Å². The minimum atomic E-state index is 0.508. The van der Waals surface area contributed by atoms with Gasteiger partial charge in [0.05, 0.1) is 7.11 Å². The van der Waals surface area contributed by atoms with Crippen molar-refractivity contribution in [1.29, 1.82) is 0 Å². The monoisotopic (exact) mass is 261 g/mol. The zero-order valence-corrected chi connectivity index (χ0v) is 11.5. The number of hydrogen-bond acceptors (Lipinski definition) is 5. The molecule has 2 aromatic rings. The van der Waals surface area contributed by atoms with Crippen LogP contribution in [0.5, 0.6) is 5.75 Å². The summed E-state index contributed by atoms with van der Waals surface area (Å²) in [6, 6.07) is 5.48. The lowest BCUT2D eigenvalue weighted by Crippen LogP contribution is -2.10. The molecule has 0 fully saturated rings. The van der Waals surface area contributed by atoms with Crippen molar-refractivity contribution in [3.05, 3.63) is 18.2 Å². The van der Waals surface area contributed by atoms with Crippen molar-refractivity contribution in [2.75, 3.05) is 12.8 Å². The van der Waals surface area contributed by atoms with E-state index in [0.29, 0.717) is 17.4 Å². The maximum absolute atomic E-state index is 6.00. The topological polar surface area (TPSA) is 78.8 Å². The molecule has 19 heavy (non-hydrogen) atoms. The molecule has 1 heterocycles. The Morgan fingerprint density at radius 3 is 2.89 bits per heavy atom. The van der Waals surface area contributed by atoms with Crippen molar-refractivity contribution in [1.82, 2.24) is 20.2 Å². The van der Waals surface area contributed by atoms with Gasteiger partial charge in [-0.25, -0.2) is 4.68 Å². The first kappa shape index (κ1) is 13.3. The molecule has 0 amide bonds. The second-order valence-electron chi connectivity index (χ2n) is 4.65. The Morgan fingerprint density at radius 2 is 2.21 bits per heavy atom. The first-order valence-corrected chi connectivity index (χ1v) is 6.35. The van der Waals surface area contributed by atoms with Gasteiger partial charge in [0.25, 0.3) is 0 Å². The van der Waals surface area contributed by atoms with Gasteiger partial charge in [-0.2, -0.15) is 0 Å². The second-order valence-corrected chi connectivity index (χ2v) is 4.65. The Hall–Kier alpha value is -2.11. The molecule has 1 aromatic heterocycles. The van der Waals surface area contributed by atoms with Crippen LogP contribution in [0.2, 0.25) is 0 Å². The molecule has 0 saturated heterocycles. The van der Waals surface area contributed by atoms with Crippen LogP contribution >= 0.6 is 0 Å². The molecule has 0 aliphatic rings. The molecule has 0 radical (unpaired) electrons. The van der Waals surface area contributed by atoms with Gasteiger partial charge in [-0.3, -0.25) is 0 Å². The van der Waals surface area contributed by atoms with Crippen molar-refractivity contribution < 1.29 is 4.74 Å². The third-order valence-electron chi connectivity index (χ3n) is 3.21. The average Bonchev–Trinajstić information content (AvgIpc) is 2.87. The van der Waals surface area contributed by atoms with E-state index in [1.165, 1.54) is 0 Å². The van der Waals surface area contributed by atoms with Gasteiger partial charge in [0, 0.05) is 17.8 Å². The van der Waals surface area contributed by atoms with E-state index >= 15 is 0 Å². The van der Waals surface area contributed by atoms with Gasteiger partial charge in [-0.1, -0.05) is 20.3 Å². The molecule has 6 heteroatoms. The summed E-state index contributed by atoms with van der Waals surface area (Å²) in [4.78, 5) is 0. The summed E-state index contributed by atoms with van der Waals surface area (Å²) in [5, 5.41) is 11.9. The average molecular weight is 261 g/mol. The highest BCUT2D eigenvalue weighted by molar-refractivity contribution is 5.73. The molecule has 0 aliphatic heterocycles. The molecular formula is C13H19N5O. The van der Waals surface area contributed by atoms with E-state index in [1.807, 2.05) is 12.1 Å². The number of aromatic nitrogens is 4. The first-order valence-electron chi connectivity index (χ1n) is 6.35. The van der Waals surface area contributed by atoms with Gasteiger partial charge in [-0.15, -0.1) is 5.10 Å². The number of rotatable bonds is 5. The van der Waals surface area contributed by atoms with Crippen LogP contribution < -0.4 is 10.5 Å². The van der Waals surface area contributed by atoms with E-state index in [2.05, 4.69) is 29.4 Å². The summed E-state index contributed by atoms with van der Waals surface area (Å²) in [6.07, 6.45) is 1.08. The molecule has 1 unspecified atom stereocenters. The summed E-state index contributed by atoms with van der Waals surface area (Å²) in [5.41, 5.74) is 7.44. The number of methoxy groups -OCH3 is 1. The fourth-order valence-electron chi connectivity index (χ4n) is 1.80. The zero-order chi connectivity index (χ0) is 13.8. The summed E-state index contributed by atoms with van der Waals surface area (Å²) in [5.74, 6) is 1.92. The van der Waals surface area contributed by atoms with Crippen LogP contribution in [-0.4, -0.2) is 27.3 Å². The fraction of sp³-hybridized carbons (Fsp3) is 0.462. The van der Waals surface area contributed by atoms with E-state index in [9.17, 15) is 0 Å². The molecule has 0 aliphatic carbocycles. The Morgan fingerprint density at radius 1 is 1.42 bits per heavy atom. The van der Waals surface area contributed by atoms with Crippen LogP contribution in [-0.2, 0) is 6.54 Å². The molecular weight excluding hydrogens is 242 g/mol. The number of benzene rings is 1. The highest BCUT2D eigenvalue weighted by atomic mass is 16.5. The zero-order valence-electron chi connectivity index (χ0n) is 11.5. The molecule has 6 nitrogen and oxygen atoms in total. The van der Waals surface area contributed by atoms with E-state index in [0.717, 1.165) is 24.3 Å². The number of hydrogen-bond donors (Lipinski definition) is 1. The predicted octanol–water partition coefficient (Wildman–Crippen LogP) is 1.98. The predicted molar refractivity (Wildman–Crippen MR) is 73.7 cm³/mol. The van der Waals surface area contributed by atoms with Crippen LogP contribution in [0.4, 0.5) is 5.69 Å². The van der Waals surface area contributed by atoms with Gasteiger partial charge in [0.15, 0.2) is 5.82 Å². The summed E-state index contributed by atoms with van der Waals surface area (Å²) < 4.78 is 7.01. The fourth-order valence-corrected chi connectivity index (χ4v) is 1.80. The summed E-state index contributed by atoms with van der Waals surface area (Å²) >= 11 is 0. The molecule has 1 atom stereocenters. The summed E-state index contributed by atoms with van der Waals surface area (Å²) in [7, 11) is 1.62. The largest absolute Gasteiger partial charge is 0.497 e. The number of nitrogens with two attached hydrogens (primary N) is 1. The normalized spacial score (nSPS) is 12.4. The van der Waals surface area contributed by atoms with Crippen molar-refractivity contribution in [2.24, 2.45) is 5.92 Å². The van der Waals surface area contributed by atoms with Crippen LogP contribution in [0.15, 0.2) is 18.2 Å². The third kappa shape index (κ3) is 2.83. The smallest absolute Gasteiger partial charge is 0.184 e.